The second-order valence-corrected chi connectivity index (χ2v) is 2.85. The molecule has 0 amide bonds. The Hall–Kier alpha value is -1.16. The SMILES string of the molecule is CCc1cc(=O)[nH]c(C(C)OC)n1. The van der Waals surface area contributed by atoms with E-state index in [1.807, 2.05) is 13.8 Å². The molecule has 1 atom stereocenters. The van der Waals surface area contributed by atoms with Gasteiger partial charge >= 0.3 is 0 Å². The minimum absolute atomic E-state index is 0.120. The van der Waals surface area contributed by atoms with Gasteiger partial charge in [-0.2, -0.15) is 0 Å². The zero-order valence-electron chi connectivity index (χ0n) is 8.13. The van der Waals surface area contributed by atoms with E-state index < -0.39 is 0 Å². The topological polar surface area (TPSA) is 55.0 Å². The average molecular weight is 182 g/mol. The van der Waals surface area contributed by atoms with E-state index in [1.54, 1.807) is 7.11 Å². The van der Waals surface area contributed by atoms with Crippen LogP contribution >= 0.6 is 0 Å². The van der Waals surface area contributed by atoms with E-state index in [9.17, 15) is 4.79 Å². The molecule has 0 spiro atoms. The van der Waals surface area contributed by atoms with Crippen molar-refractivity contribution in [1.29, 1.82) is 0 Å². The first-order valence-electron chi connectivity index (χ1n) is 4.30. The number of nitrogens with one attached hydrogen (secondary N) is 1. The Kier molecular flexibility index (Phi) is 3.19. The summed E-state index contributed by atoms with van der Waals surface area (Å²) >= 11 is 0. The van der Waals surface area contributed by atoms with E-state index in [-0.39, 0.29) is 11.7 Å². The summed E-state index contributed by atoms with van der Waals surface area (Å²) in [7, 11) is 1.59. The van der Waals surface area contributed by atoms with Crippen LogP contribution in [0, 0.1) is 0 Å². The molecule has 13 heavy (non-hydrogen) atoms. The fourth-order valence-corrected chi connectivity index (χ4v) is 1.01. The van der Waals surface area contributed by atoms with Crippen LogP contribution in [0.25, 0.3) is 0 Å². The Morgan fingerprint density at radius 2 is 2.38 bits per heavy atom. The lowest BCUT2D eigenvalue weighted by atomic mass is 10.3. The minimum atomic E-state index is -0.167. The second-order valence-electron chi connectivity index (χ2n) is 2.85. The van der Waals surface area contributed by atoms with Crippen molar-refractivity contribution >= 4 is 0 Å². The van der Waals surface area contributed by atoms with E-state index in [0.29, 0.717) is 5.82 Å². The van der Waals surface area contributed by atoms with Gasteiger partial charge in [0.25, 0.3) is 5.56 Å². The van der Waals surface area contributed by atoms with Crippen LogP contribution < -0.4 is 5.56 Å². The third-order valence-electron chi connectivity index (χ3n) is 1.91. The van der Waals surface area contributed by atoms with Gasteiger partial charge in [-0.15, -0.1) is 0 Å². The fraction of sp³-hybridized carbons (Fsp3) is 0.556. The molecule has 1 unspecified atom stereocenters. The van der Waals surface area contributed by atoms with Gasteiger partial charge in [0.05, 0.1) is 0 Å². The number of aromatic nitrogens is 2. The maximum absolute atomic E-state index is 11.1. The Balaban J connectivity index is 3.08. The molecule has 0 fully saturated rings. The number of methoxy groups -OCH3 is 1. The molecular weight excluding hydrogens is 168 g/mol. The van der Waals surface area contributed by atoms with Crippen LogP contribution in [0.4, 0.5) is 0 Å². The standard InChI is InChI=1S/C9H14N2O2/c1-4-7-5-8(12)11-9(10-7)6(2)13-3/h5-6H,4H2,1-3H3,(H,10,11,12). The Bertz CT molecular complexity index is 333. The van der Waals surface area contributed by atoms with Gasteiger partial charge < -0.3 is 9.72 Å². The van der Waals surface area contributed by atoms with E-state index in [1.165, 1.54) is 6.07 Å². The molecule has 1 rings (SSSR count). The van der Waals surface area contributed by atoms with Gasteiger partial charge in [-0.05, 0) is 13.3 Å². The van der Waals surface area contributed by atoms with Gasteiger partial charge in [-0.3, -0.25) is 4.79 Å². The van der Waals surface area contributed by atoms with Gasteiger partial charge in [0.15, 0.2) is 0 Å². The van der Waals surface area contributed by atoms with Crippen molar-refractivity contribution in [2.45, 2.75) is 26.4 Å². The first kappa shape index (κ1) is 9.92. The van der Waals surface area contributed by atoms with Crippen LogP contribution in [-0.4, -0.2) is 17.1 Å². The zero-order chi connectivity index (χ0) is 9.84. The van der Waals surface area contributed by atoms with Crippen LogP contribution in [0.15, 0.2) is 10.9 Å². The molecule has 0 aliphatic carbocycles. The lowest BCUT2D eigenvalue weighted by Crippen LogP contribution is -2.15. The lowest BCUT2D eigenvalue weighted by molar-refractivity contribution is 0.111. The first-order valence-corrected chi connectivity index (χ1v) is 4.30. The van der Waals surface area contributed by atoms with Crippen molar-refractivity contribution in [3.05, 3.63) is 27.9 Å². The molecule has 1 aromatic rings. The van der Waals surface area contributed by atoms with E-state index >= 15 is 0 Å². The van der Waals surface area contributed by atoms with E-state index in [2.05, 4.69) is 9.97 Å². The lowest BCUT2D eigenvalue weighted by Gasteiger charge is -2.08. The number of rotatable bonds is 3. The van der Waals surface area contributed by atoms with Crippen molar-refractivity contribution in [3.63, 3.8) is 0 Å². The number of H-pyrrole nitrogens is 1. The maximum Gasteiger partial charge on any atom is 0.251 e. The quantitative estimate of drug-likeness (QED) is 0.759. The Morgan fingerprint density at radius 3 is 2.92 bits per heavy atom. The highest BCUT2D eigenvalue weighted by atomic mass is 16.5. The molecule has 72 valence electrons. The normalized spacial score (nSPS) is 12.8. The van der Waals surface area contributed by atoms with Crippen molar-refractivity contribution in [1.82, 2.24) is 9.97 Å². The number of ether oxygens (including phenoxy) is 1. The Morgan fingerprint density at radius 1 is 1.69 bits per heavy atom. The summed E-state index contributed by atoms with van der Waals surface area (Å²) in [6.07, 6.45) is 0.590. The molecule has 0 radical (unpaired) electrons. The summed E-state index contributed by atoms with van der Waals surface area (Å²) in [5.41, 5.74) is 0.674. The third-order valence-corrected chi connectivity index (χ3v) is 1.91. The molecule has 0 aromatic carbocycles. The summed E-state index contributed by atoms with van der Waals surface area (Å²) in [5.74, 6) is 0.590. The van der Waals surface area contributed by atoms with Gasteiger partial charge in [-0.1, -0.05) is 6.92 Å². The molecular formula is C9H14N2O2. The van der Waals surface area contributed by atoms with Crippen molar-refractivity contribution in [2.75, 3.05) is 7.11 Å². The van der Waals surface area contributed by atoms with Crippen LogP contribution in [0.2, 0.25) is 0 Å². The summed E-state index contributed by atoms with van der Waals surface area (Å²) < 4.78 is 5.06. The molecule has 0 saturated heterocycles. The van der Waals surface area contributed by atoms with Gasteiger partial charge in [0, 0.05) is 18.9 Å². The molecule has 4 heteroatoms. The number of aryl methyl sites for hydroxylation is 1. The smallest absolute Gasteiger partial charge is 0.251 e. The molecule has 0 aliphatic heterocycles. The van der Waals surface area contributed by atoms with Crippen LogP contribution in [0.3, 0.4) is 0 Å². The number of hydrogen-bond acceptors (Lipinski definition) is 3. The van der Waals surface area contributed by atoms with Gasteiger partial charge in [0.1, 0.15) is 11.9 Å². The number of aromatic amines is 1. The van der Waals surface area contributed by atoms with Crippen LogP contribution in [-0.2, 0) is 11.2 Å². The molecule has 0 aliphatic rings. The summed E-state index contributed by atoms with van der Waals surface area (Å²) in [6, 6.07) is 1.51. The average Bonchev–Trinajstić information content (AvgIpc) is 2.15. The molecule has 1 aromatic heterocycles. The van der Waals surface area contributed by atoms with Crippen molar-refractivity contribution in [3.8, 4) is 0 Å². The molecule has 0 bridgehead atoms. The van der Waals surface area contributed by atoms with E-state index in [0.717, 1.165) is 12.1 Å². The minimum Gasteiger partial charge on any atom is -0.374 e. The van der Waals surface area contributed by atoms with Crippen molar-refractivity contribution < 1.29 is 4.74 Å². The number of hydrogen-bond donors (Lipinski definition) is 1. The number of nitrogens with zero attached hydrogens (tertiary/aromatic N) is 1. The second kappa shape index (κ2) is 4.18. The highest BCUT2D eigenvalue weighted by Crippen LogP contribution is 2.08. The Labute approximate surface area is 77.0 Å². The maximum atomic E-state index is 11.1. The largest absolute Gasteiger partial charge is 0.374 e. The predicted octanol–water partition coefficient (Wildman–Crippen LogP) is 1.04. The monoisotopic (exact) mass is 182 g/mol. The van der Waals surface area contributed by atoms with Crippen LogP contribution in [0.1, 0.15) is 31.5 Å². The molecule has 0 saturated carbocycles. The highest BCUT2D eigenvalue weighted by molar-refractivity contribution is 5.03. The molecule has 1 N–H and O–H groups in total. The summed E-state index contributed by atoms with van der Waals surface area (Å²) in [4.78, 5) is 18.0. The van der Waals surface area contributed by atoms with Crippen LogP contribution in [0.5, 0.6) is 0 Å². The van der Waals surface area contributed by atoms with E-state index in [4.69, 9.17) is 4.74 Å². The summed E-state index contributed by atoms with van der Waals surface area (Å²) in [5, 5.41) is 0. The first-order chi connectivity index (χ1) is 6.17. The molecule has 4 nitrogen and oxygen atoms in total. The summed E-state index contributed by atoms with van der Waals surface area (Å²) in [6.45, 7) is 3.81. The third kappa shape index (κ3) is 2.39. The fourth-order valence-electron chi connectivity index (χ4n) is 1.01. The van der Waals surface area contributed by atoms with Gasteiger partial charge in [0.2, 0.25) is 0 Å². The highest BCUT2D eigenvalue weighted by Gasteiger charge is 2.07. The van der Waals surface area contributed by atoms with Gasteiger partial charge in [-0.25, -0.2) is 4.98 Å². The molecule has 1 heterocycles. The van der Waals surface area contributed by atoms with Crippen molar-refractivity contribution in [2.24, 2.45) is 0 Å². The predicted molar refractivity (Wildman–Crippen MR) is 49.7 cm³/mol. The zero-order valence-corrected chi connectivity index (χ0v) is 8.13.